The topological polar surface area (TPSA) is 90.1 Å². The molecule has 4 rings (SSSR count). The highest BCUT2D eigenvalue weighted by atomic mass is 16.2. The zero-order valence-electron chi connectivity index (χ0n) is 13.9. The molecule has 3 amide bonds. The van der Waals surface area contributed by atoms with Crippen LogP contribution in [-0.4, -0.2) is 40.8 Å². The number of fused-ring (bicyclic) bond motifs is 1. The summed E-state index contributed by atoms with van der Waals surface area (Å²) < 4.78 is 0. The number of aromatic amines is 1. The summed E-state index contributed by atoms with van der Waals surface area (Å²) in [4.78, 5) is 26.2. The van der Waals surface area contributed by atoms with Gasteiger partial charge in [-0.15, -0.1) is 0 Å². The molecule has 7 heteroatoms. The standard InChI is InChI=1S/C18H21N5O2/c24-17-9-14(11-23(17)15-4-2-1-3-5-15)21-18(25)20-13-6-7-16-12(8-13)10-19-22-16/h1-5,10,13-14H,6-9,11H2,(H,19,22)(H2,20,21,25)/t13-,14+/m1/s1. The Hall–Kier alpha value is -2.83. The number of rotatable bonds is 3. The predicted octanol–water partition coefficient (Wildman–Crippen LogP) is 1.37. The highest BCUT2D eigenvalue weighted by Gasteiger charge is 2.32. The van der Waals surface area contributed by atoms with E-state index in [2.05, 4.69) is 20.8 Å². The monoisotopic (exact) mass is 339 g/mol. The maximum atomic E-state index is 12.3. The van der Waals surface area contributed by atoms with Gasteiger partial charge >= 0.3 is 6.03 Å². The Kier molecular flexibility index (Phi) is 4.13. The second-order valence-electron chi connectivity index (χ2n) is 6.67. The van der Waals surface area contributed by atoms with Crippen molar-refractivity contribution >= 4 is 17.6 Å². The number of nitrogens with zero attached hydrogens (tertiary/aromatic N) is 2. The molecule has 1 fully saturated rings. The van der Waals surface area contributed by atoms with Gasteiger partial charge in [0.1, 0.15) is 0 Å². The van der Waals surface area contributed by atoms with Crippen LogP contribution < -0.4 is 15.5 Å². The van der Waals surface area contributed by atoms with E-state index in [1.54, 1.807) is 4.90 Å². The van der Waals surface area contributed by atoms with Gasteiger partial charge in [-0.3, -0.25) is 9.89 Å². The first-order chi connectivity index (χ1) is 12.2. The molecule has 7 nitrogen and oxygen atoms in total. The summed E-state index contributed by atoms with van der Waals surface area (Å²) in [6, 6.07) is 9.28. The van der Waals surface area contributed by atoms with Gasteiger partial charge < -0.3 is 15.5 Å². The summed E-state index contributed by atoms with van der Waals surface area (Å²) in [5.74, 6) is 0.0391. The Balaban J connectivity index is 1.31. The van der Waals surface area contributed by atoms with Gasteiger partial charge in [0, 0.05) is 30.4 Å². The Labute approximate surface area is 145 Å². The number of amides is 3. The molecule has 0 radical (unpaired) electrons. The van der Waals surface area contributed by atoms with Gasteiger partial charge in [-0.25, -0.2) is 4.79 Å². The fourth-order valence-electron chi connectivity index (χ4n) is 3.61. The zero-order valence-corrected chi connectivity index (χ0v) is 13.9. The summed E-state index contributed by atoms with van der Waals surface area (Å²) >= 11 is 0. The van der Waals surface area contributed by atoms with E-state index >= 15 is 0 Å². The van der Waals surface area contributed by atoms with Crippen molar-refractivity contribution in [3.8, 4) is 0 Å². The molecule has 1 aromatic heterocycles. The van der Waals surface area contributed by atoms with Crippen molar-refractivity contribution in [3.05, 3.63) is 47.8 Å². The Morgan fingerprint density at radius 2 is 1.96 bits per heavy atom. The number of urea groups is 1. The van der Waals surface area contributed by atoms with Crippen LogP contribution in [0.15, 0.2) is 36.5 Å². The van der Waals surface area contributed by atoms with Gasteiger partial charge in [-0.05, 0) is 37.0 Å². The summed E-state index contributed by atoms with van der Waals surface area (Å²) in [5, 5.41) is 13.0. The van der Waals surface area contributed by atoms with Crippen molar-refractivity contribution in [1.82, 2.24) is 20.8 Å². The number of carbonyl (C=O) groups is 2. The van der Waals surface area contributed by atoms with Gasteiger partial charge in [0.2, 0.25) is 5.91 Å². The van der Waals surface area contributed by atoms with Gasteiger partial charge in [0.15, 0.2) is 0 Å². The minimum absolute atomic E-state index is 0.0391. The van der Waals surface area contributed by atoms with E-state index in [4.69, 9.17) is 0 Å². The van der Waals surface area contributed by atoms with Crippen LogP contribution in [-0.2, 0) is 17.6 Å². The third-order valence-electron chi connectivity index (χ3n) is 4.88. The average molecular weight is 339 g/mol. The van der Waals surface area contributed by atoms with E-state index in [1.807, 2.05) is 36.5 Å². The van der Waals surface area contributed by atoms with Crippen molar-refractivity contribution < 1.29 is 9.59 Å². The molecule has 2 aliphatic rings. The first kappa shape index (κ1) is 15.7. The molecule has 130 valence electrons. The zero-order chi connectivity index (χ0) is 17.2. The van der Waals surface area contributed by atoms with Crippen molar-refractivity contribution in [2.75, 3.05) is 11.4 Å². The molecule has 0 bridgehead atoms. The van der Waals surface area contributed by atoms with Gasteiger partial charge in [0.05, 0.1) is 12.2 Å². The van der Waals surface area contributed by atoms with E-state index in [0.717, 1.165) is 24.9 Å². The summed E-state index contributed by atoms with van der Waals surface area (Å²) in [6.45, 7) is 0.507. The average Bonchev–Trinajstić information content (AvgIpc) is 3.21. The Bertz CT molecular complexity index is 773. The minimum atomic E-state index is -0.204. The minimum Gasteiger partial charge on any atom is -0.335 e. The quantitative estimate of drug-likeness (QED) is 0.789. The molecule has 1 aliphatic carbocycles. The number of hydrogen-bond donors (Lipinski definition) is 3. The molecule has 2 heterocycles. The smallest absolute Gasteiger partial charge is 0.315 e. The van der Waals surface area contributed by atoms with Gasteiger partial charge in [-0.2, -0.15) is 5.10 Å². The van der Waals surface area contributed by atoms with E-state index in [1.165, 1.54) is 11.3 Å². The van der Waals surface area contributed by atoms with Crippen LogP contribution in [0.25, 0.3) is 0 Å². The molecule has 2 aromatic rings. The first-order valence-corrected chi connectivity index (χ1v) is 8.62. The van der Waals surface area contributed by atoms with E-state index < -0.39 is 0 Å². The van der Waals surface area contributed by atoms with E-state index in [-0.39, 0.29) is 24.0 Å². The normalized spacial score (nSPS) is 22.6. The molecule has 0 spiro atoms. The number of aryl methyl sites for hydroxylation is 1. The maximum absolute atomic E-state index is 12.3. The number of H-pyrrole nitrogens is 1. The maximum Gasteiger partial charge on any atom is 0.315 e. The number of aromatic nitrogens is 2. The Morgan fingerprint density at radius 3 is 2.80 bits per heavy atom. The molecule has 0 saturated carbocycles. The lowest BCUT2D eigenvalue weighted by atomic mass is 9.94. The van der Waals surface area contributed by atoms with Crippen LogP contribution in [0, 0.1) is 0 Å². The number of nitrogens with one attached hydrogen (secondary N) is 3. The molecule has 1 aliphatic heterocycles. The fraction of sp³-hybridized carbons (Fsp3) is 0.389. The van der Waals surface area contributed by atoms with Crippen LogP contribution in [0.4, 0.5) is 10.5 Å². The second kappa shape index (κ2) is 6.58. The largest absolute Gasteiger partial charge is 0.335 e. The molecule has 25 heavy (non-hydrogen) atoms. The molecule has 3 N–H and O–H groups in total. The fourth-order valence-corrected chi connectivity index (χ4v) is 3.61. The lowest BCUT2D eigenvalue weighted by Gasteiger charge is -2.24. The van der Waals surface area contributed by atoms with E-state index in [0.29, 0.717) is 13.0 Å². The molecule has 2 atom stereocenters. The molecule has 1 aromatic carbocycles. The van der Waals surface area contributed by atoms with Crippen LogP contribution in [0.1, 0.15) is 24.1 Å². The van der Waals surface area contributed by atoms with Crippen molar-refractivity contribution in [1.29, 1.82) is 0 Å². The van der Waals surface area contributed by atoms with Crippen LogP contribution in [0.5, 0.6) is 0 Å². The molecule has 1 saturated heterocycles. The summed E-state index contributed by atoms with van der Waals surface area (Å²) in [5.41, 5.74) is 3.21. The molecular weight excluding hydrogens is 318 g/mol. The SMILES string of the molecule is O=C(N[C@@H]1CCc2[nH]ncc2C1)N[C@H]1CC(=O)N(c2ccccc2)C1. The number of anilines is 1. The number of para-hydroxylation sites is 1. The van der Waals surface area contributed by atoms with Crippen molar-refractivity contribution in [3.63, 3.8) is 0 Å². The highest BCUT2D eigenvalue weighted by Crippen LogP contribution is 2.21. The summed E-state index contributed by atoms with van der Waals surface area (Å²) in [6.07, 6.45) is 4.73. The third-order valence-corrected chi connectivity index (χ3v) is 4.88. The number of hydrogen-bond acceptors (Lipinski definition) is 3. The van der Waals surface area contributed by atoms with Crippen molar-refractivity contribution in [2.45, 2.75) is 37.8 Å². The van der Waals surface area contributed by atoms with Crippen LogP contribution in [0.3, 0.4) is 0 Å². The van der Waals surface area contributed by atoms with Gasteiger partial charge in [-0.1, -0.05) is 18.2 Å². The second-order valence-corrected chi connectivity index (χ2v) is 6.67. The number of carbonyl (C=O) groups excluding carboxylic acids is 2. The predicted molar refractivity (Wildman–Crippen MR) is 93.3 cm³/mol. The van der Waals surface area contributed by atoms with Crippen molar-refractivity contribution in [2.24, 2.45) is 0 Å². The van der Waals surface area contributed by atoms with E-state index in [9.17, 15) is 9.59 Å². The Morgan fingerprint density at radius 1 is 1.16 bits per heavy atom. The van der Waals surface area contributed by atoms with Gasteiger partial charge in [0.25, 0.3) is 0 Å². The van der Waals surface area contributed by atoms with Crippen LogP contribution in [0.2, 0.25) is 0 Å². The first-order valence-electron chi connectivity index (χ1n) is 8.62. The number of benzene rings is 1. The molecule has 0 unspecified atom stereocenters. The lowest BCUT2D eigenvalue weighted by molar-refractivity contribution is -0.117. The lowest BCUT2D eigenvalue weighted by Crippen LogP contribution is -2.48. The highest BCUT2D eigenvalue weighted by molar-refractivity contribution is 5.96. The third kappa shape index (κ3) is 3.35. The molecular formula is C18H21N5O2. The summed E-state index contributed by atoms with van der Waals surface area (Å²) in [7, 11) is 0. The van der Waals surface area contributed by atoms with Crippen LogP contribution >= 0.6 is 0 Å².